The van der Waals surface area contributed by atoms with Crippen LogP contribution < -0.4 is 0 Å². The quantitative estimate of drug-likeness (QED) is 0.744. The van der Waals surface area contributed by atoms with Crippen LogP contribution in [0.2, 0.25) is 9.36 Å². The number of ether oxygens (including phenoxy) is 1. The fourth-order valence-corrected chi connectivity index (χ4v) is 6.19. The van der Waals surface area contributed by atoms with Crippen molar-refractivity contribution in [1.29, 1.82) is 0 Å². The summed E-state index contributed by atoms with van der Waals surface area (Å²) >= 11 is 15.9. The monoisotopic (exact) mass is 447 g/mol. The fraction of sp³-hybridized carbons (Fsp3) is 0.611. The normalized spacial score (nSPS) is 22.3. The Morgan fingerprint density at radius 2 is 2.19 bits per heavy atom. The maximum Gasteiger partial charge on any atom is 0.112 e. The first-order valence-electron chi connectivity index (χ1n) is 9.05. The largest absolute Gasteiger partial charge is 0.386 e. The third-order valence-electron chi connectivity index (χ3n) is 5.39. The average molecular weight is 448 g/mol. The molecular weight excluding hydrogens is 425 g/mol. The highest BCUT2D eigenvalue weighted by atomic mass is 35.5. The fourth-order valence-electron chi connectivity index (χ4n) is 3.92. The van der Waals surface area contributed by atoms with Gasteiger partial charge in [-0.25, -0.2) is 0 Å². The molecule has 2 aromatic rings. The molecule has 0 amide bonds. The minimum absolute atomic E-state index is 0.280. The summed E-state index contributed by atoms with van der Waals surface area (Å²) < 4.78 is 8.72. The maximum atomic E-state index is 10.3. The van der Waals surface area contributed by atoms with Crippen LogP contribution in [0.1, 0.15) is 34.9 Å². The van der Waals surface area contributed by atoms with E-state index < -0.39 is 6.10 Å². The van der Waals surface area contributed by atoms with Crippen molar-refractivity contribution >= 4 is 46.3 Å². The molecule has 2 aliphatic rings. The highest BCUT2D eigenvalue weighted by molar-refractivity contribution is 7.98. The Morgan fingerprint density at radius 1 is 1.41 bits per heavy atom. The standard InChI is InChI=1S/C18H23Cl2N3O2S2/c1-26-7-6-23-10-12(8-21-23)9-22-4-2-18(3-5-22)16-14(13(24)11-25-18)15(19)17(20)27-16/h8,10,13,24H,2-7,9,11H2,1H3. The van der Waals surface area contributed by atoms with Crippen LogP contribution in [0, 0.1) is 0 Å². The Labute approximate surface area is 177 Å². The van der Waals surface area contributed by atoms with Crippen LogP contribution in [-0.2, 0) is 23.4 Å². The highest BCUT2D eigenvalue weighted by Crippen LogP contribution is 2.52. The summed E-state index contributed by atoms with van der Waals surface area (Å²) in [6, 6.07) is 0. The van der Waals surface area contributed by atoms with Crippen LogP contribution in [0.15, 0.2) is 12.4 Å². The molecule has 1 N–H and O–H groups in total. The molecule has 2 aromatic heterocycles. The number of aliphatic hydroxyl groups is 1. The molecule has 0 saturated carbocycles. The zero-order valence-electron chi connectivity index (χ0n) is 15.2. The number of thioether (sulfide) groups is 1. The van der Waals surface area contributed by atoms with Gasteiger partial charge in [-0.05, 0) is 19.1 Å². The molecule has 0 radical (unpaired) electrons. The number of aromatic nitrogens is 2. The number of aliphatic hydroxyl groups excluding tert-OH is 1. The molecule has 4 rings (SSSR count). The second kappa shape index (κ2) is 8.22. The van der Waals surface area contributed by atoms with E-state index in [1.54, 1.807) is 0 Å². The van der Waals surface area contributed by atoms with E-state index >= 15 is 0 Å². The molecule has 4 heterocycles. The van der Waals surface area contributed by atoms with Crippen molar-refractivity contribution in [3.05, 3.63) is 37.8 Å². The molecule has 5 nitrogen and oxygen atoms in total. The first kappa shape index (κ1) is 20.0. The minimum atomic E-state index is -0.688. The first-order valence-corrected chi connectivity index (χ1v) is 12.0. The van der Waals surface area contributed by atoms with Gasteiger partial charge in [0.2, 0.25) is 0 Å². The van der Waals surface area contributed by atoms with Gasteiger partial charge in [0.25, 0.3) is 0 Å². The van der Waals surface area contributed by atoms with E-state index in [2.05, 4.69) is 22.5 Å². The van der Waals surface area contributed by atoms with Crippen molar-refractivity contribution in [2.75, 3.05) is 31.7 Å². The van der Waals surface area contributed by atoms with Gasteiger partial charge in [0.15, 0.2) is 0 Å². The summed E-state index contributed by atoms with van der Waals surface area (Å²) in [5.41, 5.74) is 1.66. The first-order chi connectivity index (χ1) is 13.0. The second-order valence-corrected chi connectivity index (χ2v) is 10.1. The van der Waals surface area contributed by atoms with Crippen molar-refractivity contribution < 1.29 is 9.84 Å². The molecule has 1 spiro atoms. The van der Waals surface area contributed by atoms with Crippen molar-refractivity contribution in [1.82, 2.24) is 14.7 Å². The molecule has 1 saturated heterocycles. The summed E-state index contributed by atoms with van der Waals surface area (Å²) in [6.07, 6.45) is 7.29. The average Bonchev–Trinajstić information content (AvgIpc) is 3.24. The smallest absolute Gasteiger partial charge is 0.112 e. The Hall–Kier alpha value is -0.280. The lowest BCUT2D eigenvalue weighted by Crippen LogP contribution is -2.46. The summed E-state index contributed by atoms with van der Waals surface area (Å²) in [6.45, 7) is 3.99. The number of hydrogen-bond donors (Lipinski definition) is 1. The van der Waals surface area contributed by atoms with Crippen LogP contribution >= 0.6 is 46.3 Å². The van der Waals surface area contributed by atoms with Gasteiger partial charge in [-0.1, -0.05) is 23.2 Å². The van der Waals surface area contributed by atoms with Crippen molar-refractivity contribution in [3.8, 4) is 0 Å². The minimum Gasteiger partial charge on any atom is -0.386 e. The number of piperidine rings is 1. The van der Waals surface area contributed by atoms with Gasteiger partial charge < -0.3 is 9.84 Å². The number of likely N-dealkylation sites (tertiary alicyclic amines) is 1. The number of aryl methyl sites for hydroxylation is 1. The van der Waals surface area contributed by atoms with Crippen molar-refractivity contribution in [2.45, 2.75) is 37.6 Å². The number of halogens is 2. The predicted molar refractivity (Wildman–Crippen MR) is 112 cm³/mol. The third kappa shape index (κ3) is 3.92. The molecule has 0 aliphatic carbocycles. The van der Waals surface area contributed by atoms with E-state index in [9.17, 15) is 5.11 Å². The molecule has 148 valence electrons. The summed E-state index contributed by atoms with van der Waals surface area (Å²) in [5, 5.41) is 15.2. The van der Waals surface area contributed by atoms with Crippen LogP contribution in [0.3, 0.4) is 0 Å². The lowest BCUT2D eigenvalue weighted by atomic mass is 9.84. The number of thiophene rings is 1. The molecular formula is C18H23Cl2N3O2S2. The Morgan fingerprint density at radius 3 is 2.93 bits per heavy atom. The number of fused-ring (bicyclic) bond motifs is 2. The number of nitrogens with zero attached hydrogens (tertiary/aromatic N) is 3. The molecule has 9 heteroatoms. The molecule has 1 unspecified atom stereocenters. The van der Waals surface area contributed by atoms with Crippen LogP contribution in [0.25, 0.3) is 0 Å². The Kier molecular flexibility index (Phi) is 6.09. The lowest BCUT2D eigenvalue weighted by molar-refractivity contribution is -0.129. The summed E-state index contributed by atoms with van der Waals surface area (Å²) in [5.74, 6) is 1.07. The van der Waals surface area contributed by atoms with Gasteiger partial charge in [0.1, 0.15) is 16.0 Å². The lowest BCUT2D eigenvalue weighted by Gasteiger charge is -2.44. The zero-order valence-corrected chi connectivity index (χ0v) is 18.3. The van der Waals surface area contributed by atoms with Crippen molar-refractivity contribution in [2.24, 2.45) is 0 Å². The number of hydrogen-bond acceptors (Lipinski definition) is 6. The molecule has 1 fully saturated rings. The van der Waals surface area contributed by atoms with E-state index in [1.807, 2.05) is 22.6 Å². The highest BCUT2D eigenvalue weighted by Gasteiger charge is 2.46. The van der Waals surface area contributed by atoms with Crippen LogP contribution in [0.5, 0.6) is 0 Å². The molecule has 0 aromatic carbocycles. The van der Waals surface area contributed by atoms with E-state index in [0.717, 1.165) is 55.2 Å². The maximum absolute atomic E-state index is 10.3. The second-order valence-electron chi connectivity index (χ2n) is 7.13. The van der Waals surface area contributed by atoms with Gasteiger partial charge in [0, 0.05) is 54.1 Å². The topological polar surface area (TPSA) is 50.5 Å². The van der Waals surface area contributed by atoms with E-state index in [0.29, 0.717) is 9.36 Å². The molecule has 1 atom stereocenters. The van der Waals surface area contributed by atoms with Crippen molar-refractivity contribution in [3.63, 3.8) is 0 Å². The molecule has 0 bridgehead atoms. The van der Waals surface area contributed by atoms with E-state index in [4.69, 9.17) is 27.9 Å². The van der Waals surface area contributed by atoms with E-state index in [-0.39, 0.29) is 12.2 Å². The van der Waals surface area contributed by atoms with Crippen LogP contribution in [-0.4, -0.2) is 51.5 Å². The van der Waals surface area contributed by atoms with Gasteiger partial charge in [-0.15, -0.1) is 11.3 Å². The van der Waals surface area contributed by atoms with Gasteiger partial charge in [-0.2, -0.15) is 16.9 Å². The van der Waals surface area contributed by atoms with Gasteiger partial charge in [0.05, 0.1) is 17.8 Å². The van der Waals surface area contributed by atoms with Gasteiger partial charge in [-0.3, -0.25) is 9.58 Å². The third-order valence-corrected chi connectivity index (χ3v) is 8.18. The molecule has 27 heavy (non-hydrogen) atoms. The van der Waals surface area contributed by atoms with E-state index in [1.165, 1.54) is 16.9 Å². The Bertz CT molecular complexity index is 803. The molecule has 2 aliphatic heterocycles. The number of rotatable bonds is 5. The van der Waals surface area contributed by atoms with Crippen LogP contribution in [0.4, 0.5) is 0 Å². The Balaban J connectivity index is 1.43. The zero-order chi connectivity index (χ0) is 19.0. The summed E-state index contributed by atoms with van der Waals surface area (Å²) in [4.78, 5) is 3.45. The SMILES string of the molecule is CSCCn1cc(CN2CCC3(CC2)OCC(O)c2c3sc(Cl)c2Cl)cn1. The van der Waals surface area contributed by atoms with Gasteiger partial charge >= 0.3 is 0 Å². The predicted octanol–water partition coefficient (Wildman–Crippen LogP) is 4.17. The summed E-state index contributed by atoms with van der Waals surface area (Å²) in [7, 11) is 0.